The second-order valence-electron chi connectivity index (χ2n) is 6.89. The summed E-state index contributed by atoms with van der Waals surface area (Å²) in [5.41, 5.74) is 3.28. The number of halogens is 2. The van der Waals surface area contributed by atoms with Crippen LogP contribution in [0.25, 0.3) is 0 Å². The number of hydrogen-bond acceptors (Lipinski definition) is 0. The van der Waals surface area contributed by atoms with Gasteiger partial charge in [0.1, 0.15) is 0 Å². The summed E-state index contributed by atoms with van der Waals surface area (Å²) in [7, 11) is 0. The minimum absolute atomic E-state index is 0. The van der Waals surface area contributed by atoms with Gasteiger partial charge in [-0.2, -0.15) is 0 Å². The van der Waals surface area contributed by atoms with Gasteiger partial charge in [0.15, 0.2) is 0 Å². The van der Waals surface area contributed by atoms with Crippen LogP contribution in [-0.2, 0) is 16.6 Å². The maximum Gasteiger partial charge on any atom is -0.147 e. The Kier molecular flexibility index (Phi) is 13.0. The average Bonchev–Trinajstić information content (AvgIpc) is 3.13. The van der Waals surface area contributed by atoms with E-state index >= 15 is 0 Å². The fourth-order valence-electron chi connectivity index (χ4n) is 3.47. The molecule has 2 rings (SSSR count). The van der Waals surface area contributed by atoms with Crippen LogP contribution in [0.2, 0.25) is 13.1 Å². The van der Waals surface area contributed by atoms with E-state index in [2.05, 4.69) is 51.2 Å². The van der Waals surface area contributed by atoms with Crippen molar-refractivity contribution in [1.29, 1.82) is 0 Å². The van der Waals surface area contributed by atoms with E-state index in [0.717, 1.165) is 0 Å². The van der Waals surface area contributed by atoms with Crippen molar-refractivity contribution in [1.82, 2.24) is 0 Å². The molecule has 0 radical (unpaired) electrons. The number of allylic oxidation sites excluding steroid dienone is 8. The first kappa shape index (κ1) is 24.5. The summed E-state index contributed by atoms with van der Waals surface area (Å²) in [4.78, 5) is 0. The fraction of sp³-hybridized carbons (Fsp3) is 0.600. The molecule has 4 heteroatoms. The molecule has 0 aromatic rings. The molecular formula is C20H34Cl2SiTi. The molecule has 0 fully saturated rings. The maximum atomic E-state index is 2.62. The number of hydrogen-bond donors (Lipinski definition) is 0. The zero-order chi connectivity index (χ0) is 15.9. The molecule has 0 heterocycles. The standard InChI is InChI=1S/2C9H13.C2H6Si.2ClH.Ti/c2*1-2-3-6-9-7-4-5-8-9;1-3-2;;;/h2*7-8H,2-4,6H2,1H3;1-2H3;2*1H;. The first-order chi connectivity index (χ1) is 10.7. The van der Waals surface area contributed by atoms with Gasteiger partial charge in [-0.25, -0.2) is 0 Å². The van der Waals surface area contributed by atoms with Crippen LogP contribution in [0.15, 0.2) is 43.2 Å². The van der Waals surface area contributed by atoms with Crippen molar-refractivity contribution in [2.75, 3.05) is 0 Å². The summed E-state index contributed by atoms with van der Waals surface area (Å²) in [5.74, 6) is 0. The topological polar surface area (TPSA) is 0 Å². The molecule has 0 aromatic heterocycles. The SMILES string of the molecule is CCCCC1=CC[C]([Ti]([C]2=CC(CCCC)=CC2)=[Si](C)C)=C1.Cl.Cl. The largest absolute Gasteiger partial charge is 0.147 e. The summed E-state index contributed by atoms with van der Waals surface area (Å²) in [6, 6.07) is 0. The van der Waals surface area contributed by atoms with Crippen LogP contribution in [0.1, 0.15) is 65.2 Å². The van der Waals surface area contributed by atoms with Crippen LogP contribution >= 0.6 is 24.8 Å². The molecule has 0 amide bonds. The zero-order valence-corrected chi connectivity index (χ0v) is 20.0. The van der Waals surface area contributed by atoms with Gasteiger partial charge in [-0.1, -0.05) is 0 Å². The van der Waals surface area contributed by atoms with Gasteiger partial charge in [0.05, 0.1) is 0 Å². The smallest absolute Gasteiger partial charge is 0.147 e. The molecule has 0 N–H and O–H groups in total. The van der Waals surface area contributed by atoms with E-state index in [1.165, 1.54) is 51.4 Å². The van der Waals surface area contributed by atoms with E-state index in [0.29, 0.717) is 0 Å². The van der Waals surface area contributed by atoms with Crippen LogP contribution < -0.4 is 0 Å². The molecule has 0 saturated carbocycles. The minimum Gasteiger partial charge on any atom is -0.147 e. The molecule has 2 aliphatic carbocycles. The Bertz CT molecular complexity index is 520. The van der Waals surface area contributed by atoms with Gasteiger partial charge in [-0.3, -0.25) is 0 Å². The van der Waals surface area contributed by atoms with E-state index < -0.39 is 16.6 Å². The summed E-state index contributed by atoms with van der Waals surface area (Å²) in [5, 5.41) is 0. The molecule has 2 aliphatic rings. The Hall–Kier alpha value is 0.471. The number of rotatable bonds is 8. The molecule has 0 saturated heterocycles. The summed E-state index contributed by atoms with van der Waals surface area (Å²) < 4.78 is 3.75. The van der Waals surface area contributed by atoms with Crippen molar-refractivity contribution in [3.8, 4) is 0 Å². The van der Waals surface area contributed by atoms with Gasteiger partial charge < -0.3 is 0 Å². The van der Waals surface area contributed by atoms with Gasteiger partial charge in [-0.15, -0.1) is 24.8 Å². The third kappa shape index (κ3) is 7.00. The minimum atomic E-state index is -1.16. The molecule has 0 unspecified atom stereocenters. The van der Waals surface area contributed by atoms with Gasteiger partial charge in [0.25, 0.3) is 0 Å². The average molecular weight is 421 g/mol. The number of unbranched alkanes of at least 4 members (excludes halogenated alkanes) is 2. The fourth-order valence-corrected chi connectivity index (χ4v) is 14.8. The summed E-state index contributed by atoms with van der Waals surface area (Å²) in [6.07, 6.45) is 20.7. The monoisotopic (exact) mass is 420 g/mol. The molecule has 136 valence electrons. The third-order valence-corrected chi connectivity index (χ3v) is 16.1. The van der Waals surface area contributed by atoms with Gasteiger partial charge in [-0.05, 0) is 0 Å². The van der Waals surface area contributed by atoms with E-state index in [1.807, 2.05) is 7.76 Å². The molecule has 0 spiro atoms. The molecular weight excluding hydrogens is 387 g/mol. The Labute approximate surface area is 168 Å². The van der Waals surface area contributed by atoms with Crippen LogP contribution in [0.3, 0.4) is 0 Å². The van der Waals surface area contributed by atoms with Crippen molar-refractivity contribution in [3.05, 3.63) is 43.2 Å². The van der Waals surface area contributed by atoms with Gasteiger partial charge in [0.2, 0.25) is 0 Å². The predicted octanol–water partition coefficient (Wildman–Crippen LogP) is 7.51. The summed E-state index contributed by atoms with van der Waals surface area (Å²) >= 11 is -1.16. The van der Waals surface area contributed by atoms with Gasteiger partial charge >= 0.3 is 144 Å². The van der Waals surface area contributed by atoms with Crippen molar-refractivity contribution < 1.29 is 16.6 Å². The predicted molar refractivity (Wildman–Crippen MR) is 113 cm³/mol. The first-order valence-corrected chi connectivity index (χ1v) is 15.5. The molecule has 0 nitrogen and oxygen atoms in total. The third-order valence-electron chi connectivity index (χ3n) is 4.67. The molecule has 0 atom stereocenters. The Morgan fingerprint density at radius 2 is 1.25 bits per heavy atom. The van der Waals surface area contributed by atoms with Crippen molar-refractivity contribution in [2.24, 2.45) is 0 Å². The van der Waals surface area contributed by atoms with Crippen LogP contribution in [0, 0.1) is 0 Å². The van der Waals surface area contributed by atoms with Crippen LogP contribution in [-0.4, -0.2) is 6.19 Å². The van der Waals surface area contributed by atoms with E-state index in [4.69, 9.17) is 0 Å². The normalized spacial score (nSPS) is 15.7. The first-order valence-electron chi connectivity index (χ1n) is 9.13. The second-order valence-corrected chi connectivity index (χ2v) is 18.8. The Morgan fingerprint density at radius 3 is 1.58 bits per heavy atom. The van der Waals surface area contributed by atoms with Crippen LogP contribution in [0.5, 0.6) is 0 Å². The van der Waals surface area contributed by atoms with E-state index in [-0.39, 0.29) is 31.0 Å². The Morgan fingerprint density at radius 1 is 0.833 bits per heavy atom. The van der Waals surface area contributed by atoms with Gasteiger partial charge in [0, 0.05) is 0 Å². The van der Waals surface area contributed by atoms with Crippen molar-refractivity contribution in [2.45, 2.75) is 78.3 Å². The molecule has 0 aliphatic heterocycles. The summed E-state index contributed by atoms with van der Waals surface area (Å²) in [6.45, 7) is 9.72. The van der Waals surface area contributed by atoms with Crippen molar-refractivity contribution in [3.63, 3.8) is 0 Å². The molecule has 0 aromatic carbocycles. The zero-order valence-electron chi connectivity index (χ0n) is 15.8. The van der Waals surface area contributed by atoms with E-state index in [1.54, 1.807) is 11.1 Å². The molecule has 0 bridgehead atoms. The second kappa shape index (κ2) is 12.8. The van der Waals surface area contributed by atoms with Crippen LogP contribution in [0.4, 0.5) is 0 Å². The Balaban J connectivity index is 0.00000264. The van der Waals surface area contributed by atoms with Crippen molar-refractivity contribution >= 4 is 31.0 Å². The van der Waals surface area contributed by atoms with E-state index in [9.17, 15) is 0 Å². The molecule has 24 heavy (non-hydrogen) atoms. The maximum absolute atomic E-state index is 2.62. The quantitative estimate of drug-likeness (QED) is 0.356.